The maximum Gasteiger partial charge on any atom is 0.0437 e. The van der Waals surface area contributed by atoms with E-state index in [1.807, 2.05) is 11.3 Å². The highest BCUT2D eigenvalue weighted by Crippen LogP contribution is 2.54. The van der Waals surface area contributed by atoms with E-state index in [4.69, 9.17) is 0 Å². The fraction of sp³-hybridized carbons (Fsp3) is 0.0638. The van der Waals surface area contributed by atoms with Crippen LogP contribution in [0.25, 0.3) is 86.2 Å². The summed E-state index contributed by atoms with van der Waals surface area (Å²) in [7, 11) is 0. The molecule has 0 saturated heterocycles. The highest BCUT2D eigenvalue weighted by Gasteiger charge is 2.37. The van der Waals surface area contributed by atoms with Crippen LogP contribution in [0.5, 0.6) is 0 Å². The summed E-state index contributed by atoms with van der Waals surface area (Å²) in [5.41, 5.74) is 13.2. The van der Waals surface area contributed by atoms with E-state index in [0.717, 1.165) is 0 Å². The summed E-state index contributed by atoms with van der Waals surface area (Å²) in [4.78, 5) is 0. The molecule has 1 aliphatic carbocycles. The lowest BCUT2D eigenvalue weighted by Crippen LogP contribution is -2.14. The molecule has 0 fully saturated rings. The van der Waals surface area contributed by atoms with Crippen molar-refractivity contribution in [3.05, 3.63) is 169 Å². The third-order valence-corrected chi connectivity index (χ3v) is 11.9. The summed E-state index contributed by atoms with van der Waals surface area (Å²) in [5.74, 6) is 0. The van der Waals surface area contributed by atoms with Crippen molar-refractivity contribution < 1.29 is 0 Å². The Balaban J connectivity index is 1.13. The van der Waals surface area contributed by atoms with Gasteiger partial charge in [0.2, 0.25) is 0 Å². The lowest BCUT2D eigenvalue weighted by atomic mass is 9.82. The summed E-state index contributed by atoms with van der Waals surface area (Å²) < 4.78 is 2.77. The first-order valence-corrected chi connectivity index (χ1v) is 17.6. The predicted molar refractivity (Wildman–Crippen MR) is 208 cm³/mol. The smallest absolute Gasteiger partial charge is 0.0437 e. The van der Waals surface area contributed by atoms with Gasteiger partial charge in [0.1, 0.15) is 0 Å². The molecular weight excluding hydrogens is 597 g/mol. The molecule has 8 aromatic carbocycles. The van der Waals surface area contributed by atoms with Crippen molar-refractivity contribution in [1.29, 1.82) is 0 Å². The molecule has 0 atom stereocenters. The number of hydrogen-bond donors (Lipinski definition) is 0. The van der Waals surface area contributed by atoms with E-state index in [9.17, 15) is 0 Å². The van der Waals surface area contributed by atoms with E-state index in [1.165, 1.54) is 97.4 Å². The molecule has 0 bridgehead atoms. The van der Waals surface area contributed by atoms with E-state index in [1.54, 1.807) is 0 Å². The van der Waals surface area contributed by atoms with Crippen LogP contribution in [0.3, 0.4) is 0 Å². The number of benzene rings is 8. The molecule has 0 N–H and O–H groups in total. The van der Waals surface area contributed by atoms with Gasteiger partial charge in [-0.2, -0.15) is 0 Å². The van der Waals surface area contributed by atoms with E-state index in [0.29, 0.717) is 0 Å². The second-order valence-electron chi connectivity index (χ2n) is 13.6. The highest BCUT2D eigenvalue weighted by atomic mass is 32.1. The minimum absolute atomic E-state index is 0.0363. The van der Waals surface area contributed by atoms with Crippen molar-refractivity contribution in [3.8, 4) is 44.5 Å². The lowest BCUT2D eigenvalue weighted by Gasteiger charge is -2.21. The Bertz CT molecular complexity index is 2670. The fourth-order valence-electron chi connectivity index (χ4n) is 8.38. The Kier molecular flexibility index (Phi) is 5.89. The van der Waals surface area contributed by atoms with E-state index >= 15 is 0 Å². The average molecular weight is 629 g/mol. The van der Waals surface area contributed by atoms with Crippen LogP contribution in [0, 0.1) is 0 Å². The normalized spacial score (nSPS) is 13.4. The largest absolute Gasteiger partial charge is 0.135 e. The van der Waals surface area contributed by atoms with Gasteiger partial charge in [-0.05, 0) is 83.7 Å². The molecule has 0 amide bonds. The van der Waals surface area contributed by atoms with Gasteiger partial charge < -0.3 is 0 Å². The van der Waals surface area contributed by atoms with Crippen molar-refractivity contribution in [2.24, 2.45) is 0 Å². The third-order valence-electron chi connectivity index (χ3n) is 10.7. The maximum absolute atomic E-state index is 2.45. The van der Waals surface area contributed by atoms with Gasteiger partial charge in [-0.3, -0.25) is 0 Å². The summed E-state index contributed by atoms with van der Waals surface area (Å²) in [6.07, 6.45) is 0. The molecule has 1 aromatic heterocycles. The standard InChI is InChI=1S/C47H32S/c1-47(2)40-26-24-32(28-39(40)45-41(47)27-25-38-33-14-10-11-19-42(33)48-46(38)45)29-20-22-31(23-21-29)44-36-17-8-6-15-34(36)43(30-12-4-3-5-13-30)35-16-7-9-18-37(35)44/h3-28H,1-2H3. The first kappa shape index (κ1) is 27.6. The Morgan fingerprint density at radius 3 is 1.52 bits per heavy atom. The zero-order chi connectivity index (χ0) is 32.0. The summed E-state index contributed by atoms with van der Waals surface area (Å²) >= 11 is 1.93. The lowest BCUT2D eigenvalue weighted by molar-refractivity contribution is 0.661. The zero-order valence-corrected chi connectivity index (χ0v) is 27.7. The maximum atomic E-state index is 2.45. The molecule has 9 aromatic rings. The van der Waals surface area contributed by atoms with Crippen molar-refractivity contribution in [2.75, 3.05) is 0 Å². The van der Waals surface area contributed by atoms with Crippen LogP contribution in [-0.2, 0) is 5.41 Å². The van der Waals surface area contributed by atoms with Gasteiger partial charge >= 0.3 is 0 Å². The quantitative estimate of drug-likeness (QED) is 0.171. The summed E-state index contributed by atoms with van der Waals surface area (Å²) in [5, 5.41) is 7.86. The van der Waals surface area contributed by atoms with Crippen LogP contribution in [0.1, 0.15) is 25.0 Å². The van der Waals surface area contributed by atoms with E-state index in [2.05, 4.69) is 172 Å². The van der Waals surface area contributed by atoms with Gasteiger partial charge in [0.15, 0.2) is 0 Å². The average Bonchev–Trinajstić information content (AvgIpc) is 3.63. The monoisotopic (exact) mass is 628 g/mol. The van der Waals surface area contributed by atoms with Crippen LogP contribution < -0.4 is 0 Å². The highest BCUT2D eigenvalue weighted by molar-refractivity contribution is 7.26. The van der Waals surface area contributed by atoms with E-state index < -0.39 is 0 Å². The van der Waals surface area contributed by atoms with Crippen molar-refractivity contribution in [1.82, 2.24) is 0 Å². The number of thiophene rings is 1. The third kappa shape index (κ3) is 3.89. The number of fused-ring (bicyclic) bond motifs is 9. The Labute approximate surface area is 284 Å². The van der Waals surface area contributed by atoms with Gasteiger partial charge in [0, 0.05) is 31.2 Å². The van der Waals surface area contributed by atoms with Gasteiger partial charge in [0.05, 0.1) is 0 Å². The molecule has 226 valence electrons. The van der Waals surface area contributed by atoms with Crippen LogP contribution in [0.2, 0.25) is 0 Å². The number of hydrogen-bond acceptors (Lipinski definition) is 1. The molecule has 1 aliphatic rings. The van der Waals surface area contributed by atoms with Crippen LogP contribution >= 0.6 is 11.3 Å². The van der Waals surface area contributed by atoms with Crippen LogP contribution in [-0.4, -0.2) is 0 Å². The van der Waals surface area contributed by atoms with Crippen molar-refractivity contribution in [2.45, 2.75) is 19.3 Å². The Hall–Kier alpha value is -5.50. The Morgan fingerprint density at radius 1 is 0.375 bits per heavy atom. The Morgan fingerprint density at radius 2 is 0.875 bits per heavy atom. The first-order chi connectivity index (χ1) is 23.6. The molecule has 0 aliphatic heterocycles. The topological polar surface area (TPSA) is 0 Å². The van der Waals surface area contributed by atoms with Gasteiger partial charge in [-0.25, -0.2) is 0 Å². The van der Waals surface area contributed by atoms with Crippen LogP contribution in [0.4, 0.5) is 0 Å². The van der Waals surface area contributed by atoms with Crippen LogP contribution in [0.15, 0.2) is 158 Å². The van der Waals surface area contributed by atoms with Crippen molar-refractivity contribution >= 4 is 53.1 Å². The van der Waals surface area contributed by atoms with Gasteiger partial charge in [0.25, 0.3) is 0 Å². The molecule has 0 nitrogen and oxygen atoms in total. The zero-order valence-electron chi connectivity index (χ0n) is 26.9. The summed E-state index contributed by atoms with van der Waals surface area (Å²) in [6, 6.07) is 58.6. The second kappa shape index (κ2) is 10.2. The predicted octanol–water partition coefficient (Wildman–Crippen LogP) is 13.7. The second-order valence-corrected chi connectivity index (χ2v) is 14.7. The number of rotatable bonds is 3. The molecule has 0 radical (unpaired) electrons. The van der Waals surface area contributed by atoms with E-state index in [-0.39, 0.29) is 5.41 Å². The molecular formula is C47H32S. The first-order valence-electron chi connectivity index (χ1n) is 16.8. The fourth-order valence-corrected chi connectivity index (χ4v) is 9.65. The molecule has 0 unspecified atom stereocenters. The minimum atomic E-state index is -0.0363. The molecule has 1 heteroatoms. The van der Waals surface area contributed by atoms with Crippen molar-refractivity contribution in [3.63, 3.8) is 0 Å². The molecule has 10 rings (SSSR count). The van der Waals surface area contributed by atoms with Gasteiger partial charge in [-0.1, -0.05) is 159 Å². The molecule has 0 saturated carbocycles. The minimum Gasteiger partial charge on any atom is -0.135 e. The molecule has 0 spiro atoms. The SMILES string of the molecule is CC1(C)c2ccc(-c3ccc(-c4c5ccccc5c(-c5ccccc5)c5ccccc45)cc3)cc2-c2c1ccc1c2sc2ccccc21. The summed E-state index contributed by atoms with van der Waals surface area (Å²) in [6.45, 7) is 4.76. The molecule has 1 heterocycles. The molecule has 48 heavy (non-hydrogen) atoms. The van der Waals surface area contributed by atoms with Gasteiger partial charge in [-0.15, -0.1) is 11.3 Å².